The zero-order chi connectivity index (χ0) is 13.3. The molecule has 0 fully saturated rings. The third-order valence-corrected chi connectivity index (χ3v) is 3.62. The van der Waals surface area contributed by atoms with Crippen molar-refractivity contribution in [3.63, 3.8) is 0 Å². The molecule has 1 aromatic carbocycles. The van der Waals surface area contributed by atoms with Crippen LogP contribution in [-0.2, 0) is 16.9 Å². The molecule has 0 bridgehead atoms. The molecule has 0 spiro atoms. The van der Waals surface area contributed by atoms with Gasteiger partial charge in [0.1, 0.15) is 5.69 Å². The van der Waals surface area contributed by atoms with Crippen LogP contribution >= 0.6 is 0 Å². The Morgan fingerprint density at radius 2 is 1.78 bits per heavy atom. The van der Waals surface area contributed by atoms with E-state index in [1.165, 1.54) is 28.9 Å². The van der Waals surface area contributed by atoms with Crippen molar-refractivity contribution in [2.45, 2.75) is 4.90 Å². The first-order valence-corrected chi connectivity index (χ1v) is 7.11. The molecule has 0 amide bonds. The molecule has 0 unspecified atom stereocenters. The number of carbonyl (C=O) groups is 1. The Kier molecular flexibility index (Phi) is 3.04. The summed E-state index contributed by atoms with van der Waals surface area (Å²) in [4.78, 5) is 12.2. The van der Waals surface area contributed by atoms with Crippen molar-refractivity contribution in [3.05, 3.63) is 47.8 Å². The van der Waals surface area contributed by atoms with Crippen LogP contribution in [0, 0.1) is 0 Å². The fraction of sp³-hybridized carbons (Fsp3) is 0.167. The van der Waals surface area contributed by atoms with Crippen LogP contribution < -0.4 is 0 Å². The molecule has 0 aliphatic rings. The Morgan fingerprint density at radius 1 is 1.17 bits per heavy atom. The molecular formula is C12H12N2O3S. The Balaban J connectivity index is 2.33. The molecule has 94 valence electrons. The van der Waals surface area contributed by atoms with E-state index >= 15 is 0 Å². The third kappa shape index (κ3) is 2.48. The number of nitrogens with zero attached hydrogens (tertiary/aromatic N) is 2. The highest BCUT2D eigenvalue weighted by Crippen LogP contribution is 2.13. The zero-order valence-corrected chi connectivity index (χ0v) is 10.8. The predicted molar refractivity (Wildman–Crippen MR) is 66.2 cm³/mol. The van der Waals surface area contributed by atoms with Crippen molar-refractivity contribution >= 4 is 15.6 Å². The molecule has 6 heteroatoms. The van der Waals surface area contributed by atoms with Gasteiger partial charge in [-0.2, -0.15) is 5.10 Å². The maximum absolute atomic E-state index is 12.0. The second kappa shape index (κ2) is 4.38. The van der Waals surface area contributed by atoms with Gasteiger partial charge < -0.3 is 0 Å². The highest BCUT2D eigenvalue weighted by Gasteiger charge is 2.13. The van der Waals surface area contributed by atoms with Gasteiger partial charge in [-0.05, 0) is 30.3 Å². The van der Waals surface area contributed by atoms with Crippen LogP contribution in [0.25, 0.3) is 0 Å². The molecule has 0 aliphatic heterocycles. The van der Waals surface area contributed by atoms with Crippen LogP contribution in [0.15, 0.2) is 41.4 Å². The molecule has 0 radical (unpaired) electrons. The van der Waals surface area contributed by atoms with E-state index in [-0.39, 0.29) is 10.7 Å². The van der Waals surface area contributed by atoms with Gasteiger partial charge in [0.15, 0.2) is 9.84 Å². The summed E-state index contributed by atoms with van der Waals surface area (Å²) < 4.78 is 24.1. The first kappa shape index (κ1) is 12.5. The summed E-state index contributed by atoms with van der Waals surface area (Å²) in [5.74, 6) is -0.226. The van der Waals surface area contributed by atoms with Gasteiger partial charge in [-0.3, -0.25) is 9.48 Å². The summed E-state index contributed by atoms with van der Waals surface area (Å²) in [6.07, 6.45) is 2.81. The van der Waals surface area contributed by atoms with E-state index in [4.69, 9.17) is 0 Å². The number of benzene rings is 1. The number of ketones is 1. The first-order chi connectivity index (χ1) is 8.38. The summed E-state index contributed by atoms with van der Waals surface area (Å²) in [7, 11) is -1.51. The molecule has 0 saturated heterocycles. The van der Waals surface area contributed by atoms with Crippen LogP contribution in [-0.4, -0.2) is 30.2 Å². The Labute approximate surface area is 105 Å². The van der Waals surface area contributed by atoms with Crippen molar-refractivity contribution in [2.75, 3.05) is 6.26 Å². The Bertz CT molecular complexity index is 684. The van der Waals surface area contributed by atoms with E-state index in [0.29, 0.717) is 11.3 Å². The Hall–Kier alpha value is -1.95. The van der Waals surface area contributed by atoms with Crippen molar-refractivity contribution in [3.8, 4) is 0 Å². The second-order valence-electron chi connectivity index (χ2n) is 4.00. The standard InChI is InChI=1S/C12H12N2O3S/c1-14-8-7-11(13-14)12(15)9-3-5-10(6-4-9)18(2,16)17/h3-8H,1-2H3. The zero-order valence-electron chi connectivity index (χ0n) is 9.99. The van der Waals surface area contributed by atoms with E-state index in [0.717, 1.165) is 6.26 Å². The van der Waals surface area contributed by atoms with E-state index in [9.17, 15) is 13.2 Å². The molecule has 1 heterocycles. The maximum atomic E-state index is 12.0. The molecule has 2 rings (SSSR count). The van der Waals surface area contributed by atoms with Crippen molar-refractivity contribution < 1.29 is 13.2 Å². The van der Waals surface area contributed by atoms with Crippen LogP contribution in [0.4, 0.5) is 0 Å². The van der Waals surface area contributed by atoms with Gasteiger partial charge in [0.25, 0.3) is 0 Å². The lowest BCUT2D eigenvalue weighted by molar-refractivity contribution is 0.103. The van der Waals surface area contributed by atoms with E-state index in [1.54, 1.807) is 19.3 Å². The van der Waals surface area contributed by atoms with Crippen LogP contribution in [0.1, 0.15) is 16.1 Å². The van der Waals surface area contributed by atoms with E-state index in [2.05, 4.69) is 5.10 Å². The summed E-state index contributed by atoms with van der Waals surface area (Å²) in [5.41, 5.74) is 0.755. The fourth-order valence-electron chi connectivity index (χ4n) is 1.54. The molecular weight excluding hydrogens is 252 g/mol. The van der Waals surface area contributed by atoms with E-state index in [1.807, 2.05) is 0 Å². The van der Waals surface area contributed by atoms with Crippen LogP contribution in [0.2, 0.25) is 0 Å². The largest absolute Gasteiger partial charge is 0.287 e. The minimum atomic E-state index is -3.24. The van der Waals surface area contributed by atoms with Crippen molar-refractivity contribution in [2.24, 2.45) is 7.05 Å². The first-order valence-electron chi connectivity index (χ1n) is 5.22. The monoisotopic (exact) mass is 264 g/mol. The number of hydrogen-bond acceptors (Lipinski definition) is 4. The highest BCUT2D eigenvalue weighted by atomic mass is 32.2. The van der Waals surface area contributed by atoms with Crippen molar-refractivity contribution in [1.82, 2.24) is 9.78 Å². The van der Waals surface area contributed by atoms with Gasteiger partial charge in [-0.15, -0.1) is 0 Å². The number of sulfone groups is 1. The summed E-state index contributed by atoms with van der Waals surface area (Å²) in [6, 6.07) is 7.45. The van der Waals surface area contributed by atoms with Gasteiger partial charge in [-0.1, -0.05) is 0 Å². The smallest absolute Gasteiger partial charge is 0.213 e. The molecule has 2 aromatic rings. The molecule has 5 nitrogen and oxygen atoms in total. The summed E-state index contributed by atoms with van der Waals surface area (Å²) in [5, 5.41) is 4.01. The number of carbonyl (C=O) groups excluding carboxylic acids is 1. The minimum Gasteiger partial charge on any atom is -0.287 e. The second-order valence-corrected chi connectivity index (χ2v) is 6.02. The molecule has 0 N–H and O–H groups in total. The summed E-state index contributed by atoms with van der Waals surface area (Å²) >= 11 is 0. The van der Waals surface area contributed by atoms with Crippen molar-refractivity contribution in [1.29, 1.82) is 0 Å². The predicted octanol–water partition coefficient (Wildman–Crippen LogP) is 1.05. The normalized spacial score (nSPS) is 11.4. The maximum Gasteiger partial charge on any atom is 0.213 e. The quantitative estimate of drug-likeness (QED) is 0.777. The molecule has 1 aromatic heterocycles. The lowest BCUT2D eigenvalue weighted by atomic mass is 10.1. The van der Waals surface area contributed by atoms with Gasteiger partial charge >= 0.3 is 0 Å². The number of hydrogen-bond donors (Lipinski definition) is 0. The number of aryl methyl sites for hydroxylation is 1. The minimum absolute atomic E-state index is 0.195. The van der Waals surface area contributed by atoms with Gasteiger partial charge in [0, 0.05) is 25.1 Å². The Morgan fingerprint density at radius 3 is 2.22 bits per heavy atom. The van der Waals surface area contributed by atoms with Gasteiger partial charge in [0.2, 0.25) is 5.78 Å². The lowest BCUT2D eigenvalue weighted by Crippen LogP contribution is -2.04. The lowest BCUT2D eigenvalue weighted by Gasteiger charge is -2.00. The van der Waals surface area contributed by atoms with Crippen LogP contribution in [0.5, 0.6) is 0 Å². The average Bonchev–Trinajstić information content (AvgIpc) is 2.74. The van der Waals surface area contributed by atoms with Crippen LogP contribution in [0.3, 0.4) is 0 Å². The van der Waals surface area contributed by atoms with E-state index < -0.39 is 9.84 Å². The highest BCUT2D eigenvalue weighted by molar-refractivity contribution is 7.90. The topological polar surface area (TPSA) is 69.0 Å². The molecule has 18 heavy (non-hydrogen) atoms. The average molecular weight is 264 g/mol. The number of aromatic nitrogens is 2. The van der Waals surface area contributed by atoms with Gasteiger partial charge in [0.05, 0.1) is 4.90 Å². The molecule has 0 aliphatic carbocycles. The number of rotatable bonds is 3. The fourth-order valence-corrected chi connectivity index (χ4v) is 2.17. The summed E-state index contributed by atoms with van der Waals surface area (Å²) in [6.45, 7) is 0. The molecule has 0 atom stereocenters. The third-order valence-electron chi connectivity index (χ3n) is 2.49. The molecule has 0 saturated carbocycles. The SMILES string of the molecule is Cn1ccc(C(=O)c2ccc(S(C)(=O)=O)cc2)n1. The van der Waals surface area contributed by atoms with Gasteiger partial charge in [-0.25, -0.2) is 8.42 Å².